The lowest BCUT2D eigenvalue weighted by molar-refractivity contribution is -0.274. The molecular weight excluding hydrogens is 303 g/mol. The number of amides is 1. The van der Waals surface area contributed by atoms with Crippen LogP contribution in [0.1, 0.15) is 24.2 Å². The van der Waals surface area contributed by atoms with Crippen molar-refractivity contribution in [1.82, 2.24) is 4.90 Å². The first-order valence-electron chi connectivity index (χ1n) is 6.37. The van der Waals surface area contributed by atoms with Gasteiger partial charge < -0.3 is 14.4 Å². The van der Waals surface area contributed by atoms with E-state index in [2.05, 4.69) is 9.47 Å². The normalized spacial score (nSPS) is 11.2. The molecule has 0 aliphatic carbocycles. The smallest absolute Gasteiger partial charge is 0.468 e. The second-order valence-electron chi connectivity index (χ2n) is 4.68. The molecule has 1 aromatic carbocycles. The fourth-order valence-electron chi connectivity index (χ4n) is 1.66. The van der Waals surface area contributed by atoms with Gasteiger partial charge >= 0.3 is 12.3 Å². The van der Waals surface area contributed by atoms with Crippen molar-refractivity contribution in [3.63, 3.8) is 0 Å². The molecule has 8 heteroatoms. The summed E-state index contributed by atoms with van der Waals surface area (Å²) in [6.07, 6.45) is -4.79. The minimum atomic E-state index is -4.79. The summed E-state index contributed by atoms with van der Waals surface area (Å²) in [5.41, 5.74) is 0.145. The molecule has 0 bridgehead atoms. The van der Waals surface area contributed by atoms with Crippen molar-refractivity contribution in [2.45, 2.75) is 26.3 Å². The summed E-state index contributed by atoms with van der Waals surface area (Å²) in [5, 5.41) is 0. The zero-order chi connectivity index (χ0) is 16.9. The van der Waals surface area contributed by atoms with Crippen molar-refractivity contribution in [1.29, 1.82) is 0 Å². The zero-order valence-corrected chi connectivity index (χ0v) is 12.3. The van der Waals surface area contributed by atoms with Crippen LogP contribution in [0.5, 0.6) is 5.75 Å². The van der Waals surface area contributed by atoms with Gasteiger partial charge in [0.25, 0.3) is 5.91 Å². The minimum absolute atomic E-state index is 0.145. The highest BCUT2D eigenvalue weighted by atomic mass is 19.4. The maximum atomic E-state index is 12.3. The molecule has 0 N–H and O–H groups in total. The van der Waals surface area contributed by atoms with Crippen LogP contribution in [-0.4, -0.2) is 42.8 Å². The fourth-order valence-corrected chi connectivity index (χ4v) is 1.66. The maximum absolute atomic E-state index is 12.3. The fraction of sp³-hybridized carbons (Fsp3) is 0.429. The number of hydrogen-bond acceptors (Lipinski definition) is 4. The summed E-state index contributed by atoms with van der Waals surface area (Å²) >= 11 is 0. The quantitative estimate of drug-likeness (QED) is 0.783. The Labute approximate surface area is 125 Å². The molecule has 0 aliphatic heterocycles. The first-order valence-corrected chi connectivity index (χ1v) is 6.37. The largest absolute Gasteiger partial charge is 0.573 e. The third kappa shape index (κ3) is 5.27. The van der Waals surface area contributed by atoms with Crippen molar-refractivity contribution in [3.8, 4) is 5.75 Å². The number of alkyl halides is 3. The van der Waals surface area contributed by atoms with Crippen molar-refractivity contribution in [2.75, 3.05) is 13.7 Å². The van der Waals surface area contributed by atoms with Gasteiger partial charge in [-0.3, -0.25) is 9.59 Å². The molecule has 1 aromatic rings. The molecule has 0 radical (unpaired) electrons. The van der Waals surface area contributed by atoms with E-state index < -0.39 is 24.0 Å². The predicted octanol–water partition coefficient (Wildman–Crippen LogP) is 2.61. The Kier molecular flexibility index (Phi) is 5.78. The highest BCUT2D eigenvalue weighted by molar-refractivity contribution is 5.96. The van der Waals surface area contributed by atoms with Crippen molar-refractivity contribution in [2.24, 2.45) is 0 Å². The van der Waals surface area contributed by atoms with E-state index in [1.807, 2.05) is 0 Å². The third-order valence-corrected chi connectivity index (χ3v) is 2.75. The Morgan fingerprint density at radius 3 is 2.14 bits per heavy atom. The molecular formula is C14H16F3NO4. The molecule has 1 amide bonds. The number of carbonyl (C=O) groups excluding carboxylic acids is 2. The molecule has 0 aromatic heterocycles. The molecule has 0 spiro atoms. The van der Waals surface area contributed by atoms with E-state index in [-0.39, 0.29) is 18.2 Å². The van der Waals surface area contributed by atoms with Gasteiger partial charge in [-0.05, 0) is 38.1 Å². The molecule has 0 unspecified atom stereocenters. The van der Waals surface area contributed by atoms with Crippen LogP contribution in [0.15, 0.2) is 24.3 Å². The molecule has 5 nitrogen and oxygen atoms in total. The molecule has 1 rings (SSSR count). The van der Waals surface area contributed by atoms with E-state index in [1.165, 1.54) is 24.1 Å². The summed E-state index contributed by atoms with van der Waals surface area (Å²) in [6.45, 7) is 3.18. The molecule has 0 heterocycles. The Morgan fingerprint density at radius 1 is 1.18 bits per heavy atom. The average Bonchev–Trinajstić information content (AvgIpc) is 2.42. The topological polar surface area (TPSA) is 55.8 Å². The SMILES string of the molecule is COC(=O)CN(C(=O)c1ccc(OC(F)(F)F)cc1)C(C)C. The second-order valence-corrected chi connectivity index (χ2v) is 4.68. The molecule has 0 saturated carbocycles. The van der Waals surface area contributed by atoms with Gasteiger partial charge in [0.2, 0.25) is 0 Å². The van der Waals surface area contributed by atoms with Crippen LogP contribution in [0.4, 0.5) is 13.2 Å². The lowest BCUT2D eigenvalue weighted by Gasteiger charge is -2.25. The van der Waals surface area contributed by atoms with Gasteiger partial charge in [-0.25, -0.2) is 0 Å². The lowest BCUT2D eigenvalue weighted by atomic mass is 10.1. The highest BCUT2D eigenvalue weighted by Gasteiger charge is 2.31. The molecule has 0 atom stereocenters. The van der Waals surface area contributed by atoms with Crippen LogP contribution in [0, 0.1) is 0 Å². The van der Waals surface area contributed by atoms with Gasteiger partial charge in [-0.2, -0.15) is 0 Å². The van der Waals surface area contributed by atoms with Gasteiger partial charge in [0.1, 0.15) is 12.3 Å². The first-order chi connectivity index (χ1) is 10.1. The molecule has 0 fully saturated rings. The molecule has 122 valence electrons. The van der Waals surface area contributed by atoms with E-state index >= 15 is 0 Å². The minimum Gasteiger partial charge on any atom is -0.468 e. The number of rotatable bonds is 5. The first kappa shape index (κ1) is 17.8. The summed E-state index contributed by atoms with van der Waals surface area (Å²) in [7, 11) is 1.20. The number of esters is 1. The summed E-state index contributed by atoms with van der Waals surface area (Å²) < 4.78 is 44.4. The summed E-state index contributed by atoms with van der Waals surface area (Å²) in [4.78, 5) is 24.9. The van der Waals surface area contributed by atoms with Crippen molar-refractivity contribution in [3.05, 3.63) is 29.8 Å². The van der Waals surface area contributed by atoms with Gasteiger partial charge in [0, 0.05) is 11.6 Å². The Balaban J connectivity index is 2.88. The van der Waals surface area contributed by atoms with Gasteiger partial charge in [-0.15, -0.1) is 13.2 Å². The van der Waals surface area contributed by atoms with Crippen LogP contribution in [0.25, 0.3) is 0 Å². The van der Waals surface area contributed by atoms with Gasteiger partial charge in [-0.1, -0.05) is 0 Å². The lowest BCUT2D eigenvalue weighted by Crippen LogP contribution is -2.41. The highest BCUT2D eigenvalue weighted by Crippen LogP contribution is 2.23. The Bertz CT molecular complexity index is 526. The van der Waals surface area contributed by atoms with E-state index in [0.717, 1.165) is 12.1 Å². The molecule has 0 saturated heterocycles. The number of benzene rings is 1. The third-order valence-electron chi connectivity index (χ3n) is 2.75. The van der Waals surface area contributed by atoms with Crippen molar-refractivity contribution >= 4 is 11.9 Å². The van der Waals surface area contributed by atoms with Crippen LogP contribution in [0.2, 0.25) is 0 Å². The summed E-state index contributed by atoms with van der Waals surface area (Å²) in [5.74, 6) is -1.49. The molecule has 22 heavy (non-hydrogen) atoms. The number of methoxy groups -OCH3 is 1. The predicted molar refractivity (Wildman–Crippen MR) is 71.3 cm³/mol. The summed E-state index contributed by atoms with van der Waals surface area (Å²) in [6, 6.07) is 4.21. The number of hydrogen-bond donors (Lipinski definition) is 0. The van der Waals surface area contributed by atoms with Crippen LogP contribution in [0.3, 0.4) is 0 Å². The van der Waals surface area contributed by atoms with E-state index in [9.17, 15) is 22.8 Å². The zero-order valence-electron chi connectivity index (χ0n) is 12.3. The number of ether oxygens (including phenoxy) is 2. The van der Waals surface area contributed by atoms with Gasteiger partial charge in [0.05, 0.1) is 7.11 Å². The maximum Gasteiger partial charge on any atom is 0.573 e. The average molecular weight is 319 g/mol. The molecule has 0 aliphatic rings. The number of halogens is 3. The van der Waals surface area contributed by atoms with E-state index in [1.54, 1.807) is 13.8 Å². The Morgan fingerprint density at radius 2 is 1.73 bits per heavy atom. The second kappa shape index (κ2) is 7.15. The van der Waals surface area contributed by atoms with Crippen LogP contribution < -0.4 is 4.74 Å². The van der Waals surface area contributed by atoms with Crippen LogP contribution >= 0.6 is 0 Å². The van der Waals surface area contributed by atoms with E-state index in [0.29, 0.717) is 0 Å². The van der Waals surface area contributed by atoms with Crippen molar-refractivity contribution < 1.29 is 32.2 Å². The van der Waals surface area contributed by atoms with Crippen LogP contribution in [-0.2, 0) is 9.53 Å². The Hall–Kier alpha value is -2.25. The van der Waals surface area contributed by atoms with E-state index in [4.69, 9.17) is 0 Å². The van der Waals surface area contributed by atoms with Gasteiger partial charge in [0.15, 0.2) is 0 Å². The standard InChI is InChI=1S/C14H16F3NO4/c1-9(2)18(8-12(19)21-3)13(20)10-4-6-11(7-5-10)22-14(15,16)17/h4-7,9H,8H2,1-3H3. The monoisotopic (exact) mass is 319 g/mol. The number of carbonyl (C=O) groups is 2. The number of nitrogens with zero attached hydrogens (tertiary/aromatic N) is 1.